The Balaban J connectivity index is 0.935. The van der Waals surface area contributed by atoms with Gasteiger partial charge in [-0.3, -0.25) is 19.3 Å². The van der Waals surface area contributed by atoms with E-state index in [2.05, 4.69) is 50.7 Å². The maximum atomic E-state index is 12.4. The highest BCUT2D eigenvalue weighted by molar-refractivity contribution is 7.15. The van der Waals surface area contributed by atoms with Gasteiger partial charge < -0.3 is 21.7 Å². The molecule has 238 valence electrons. The number of thiophene rings is 1. The largest absolute Gasteiger partial charge is 0.394 e. The van der Waals surface area contributed by atoms with E-state index < -0.39 is 0 Å². The Hall–Kier alpha value is -4.43. The van der Waals surface area contributed by atoms with Crippen LogP contribution in [0.25, 0.3) is 5.00 Å². The standard InChI is InChI=1S/C35H41N9OS/c1-21-22(2)46-34-31(21)32(39-18-30-42-41-23(3)44(30)34)28-13-11-24(17-38-28)9-10-25-15-35(16-25)19-43(20-35)29(37)14-12-27(36)33(45)40-26-7-5-4-6-8-26/h11-14,17,25-26H,4-8,15-16,18-20,36-37H2,1-3H3,(H,40,45)/b27-12-,29-14+. The number of carbonyl (C=O) groups is 1. The molecule has 11 heteroatoms. The average molecular weight is 636 g/mol. The summed E-state index contributed by atoms with van der Waals surface area (Å²) in [5, 5.41) is 12.8. The number of nitrogens with two attached hydrogens (primary N) is 2. The van der Waals surface area contributed by atoms with Gasteiger partial charge in [0.25, 0.3) is 5.91 Å². The van der Waals surface area contributed by atoms with Crippen molar-refractivity contribution in [1.29, 1.82) is 0 Å². The molecular formula is C35H41N9OS. The normalized spacial score (nSPS) is 19.6. The quantitative estimate of drug-likeness (QED) is 0.217. The number of hydrogen-bond acceptors (Lipinski definition) is 9. The van der Waals surface area contributed by atoms with Crippen LogP contribution in [0.2, 0.25) is 0 Å². The minimum atomic E-state index is -0.206. The molecule has 0 aromatic carbocycles. The number of fused-ring (bicyclic) bond motifs is 3. The highest BCUT2D eigenvalue weighted by Gasteiger charge is 2.52. The van der Waals surface area contributed by atoms with Gasteiger partial charge in [-0.2, -0.15) is 0 Å². The third kappa shape index (κ3) is 5.71. The number of pyridine rings is 1. The molecule has 0 radical (unpaired) electrons. The minimum absolute atomic E-state index is 0.203. The Bertz CT molecular complexity index is 1810. The average Bonchev–Trinajstić information content (AvgIpc) is 3.46. The van der Waals surface area contributed by atoms with Crippen LogP contribution in [0.4, 0.5) is 0 Å². The summed E-state index contributed by atoms with van der Waals surface area (Å²) in [7, 11) is 0. The lowest BCUT2D eigenvalue weighted by Gasteiger charge is -2.58. The molecule has 0 atom stereocenters. The molecule has 46 heavy (non-hydrogen) atoms. The predicted molar refractivity (Wildman–Crippen MR) is 180 cm³/mol. The number of aliphatic imine (C=N–C) groups is 1. The number of amides is 1. The van der Waals surface area contributed by atoms with Crippen LogP contribution in [0.15, 0.2) is 47.0 Å². The van der Waals surface area contributed by atoms with Crippen LogP contribution in [-0.2, 0) is 11.3 Å². The van der Waals surface area contributed by atoms with Crippen LogP contribution < -0.4 is 16.8 Å². The van der Waals surface area contributed by atoms with Crippen molar-refractivity contribution in [3.8, 4) is 16.8 Å². The molecule has 5 heterocycles. The summed E-state index contributed by atoms with van der Waals surface area (Å²) in [5.41, 5.74) is 17.8. The maximum absolute atomic E-state index is 12.4. The van der Waals surface area contributed by atoms with Crippen LogP contribution in [0, 0.1) is 43.9 Å². The van der Waals surface area contributed by atoms with Gasteiger partial charge >= 0.3 is 0 Å². The van der Waals surface area contributed by atoms with Crippen molar-refractivity contribution in [3.05, 3.63) is 80.9 Å². The van der Waals surface area contributed by atoms with E-state index in [0.29, 0.717) is 18.3 Å². The molecule has 3 aromatic rings. The Kier molecular flexibility index (Phi) is 7.93. The number of rotatable bonds is 5. The predicted octanol–water partition coefficient (Wildman–Crippen LogP) is 4.16. The smallest absolute Gasteiger partial charge is 0.267 e. The lowest BCUT2D eigenvalue weighted by molar-refractivity contribution is -0.118. The van der Waals surface area contributed by atoms with Crippen LogP contribution in [-0.4, -0.2) is 55.4 Å². The van der Waals surface area contributed by atoms with E-state index in [4.69, 9.17) is 21.4 Å². The van der Waals surface area contributed by atoms with Gasteiger partial charge in [0.1, 0.15) is 17.4 Å². The molecule has 2 aliphatic carbocycles. The van der Waals surface area contributed by atoms with Gasteiger partial charge in [-0.1, -0.05) is 31.1 Å². The van der Waals surface area contributed by atoms with E-state index in [1.54, 1.807) is 23.5 Å². The molecule has 1 saturated heterocycles. The van der Waals surface area contributed by atoms with Crippen LogP contribution in [0.5, 0.6) is 0 Å². The van der Waals surface area contributed by atoms with Crippen LogP contribution in [0.3, 0.4) is 0 Å². The van der Waals surface area contributed by atoms with E-state index in [-0.39, 0.29) is 23.1 Å². The molecule has 4 aliphatic rings. The molecule has 2 saturated carbocycles. The highest BCUT2D eigenvalue weighted by atomic mass is 32.1. The number of aromatic nitrogens is 4. The maximum Gasteiger partial charge on any atom is 0.267 e. The van der Waals surface area contributed by atoms with Crippen molar-refractivity contribution in [2.75, 3.05) is 13.1 Å². The third-order valence-electron chi connectivity index (χ3n) is 9.92. The van der Waals surface area contributed by atoms with Gasteiger partial charge in [-0.15, -0.1) is 21.5 Å². The zero-order valence-electron chi connectivity index (χ0n) is 26.8. The summed E-state index contributed by atoms with van der Waals surface area (Å²) in [6.45, 7) is 8.55. The fourth-order valence-corrected chi connectivity index (χ4v) is 8.44. The molecule has 7 rings (SSSR count). The van der Waals surface area contributed by atoms with Crippen molar-refractivity contribution >= 4 is 23.0 Å². The second-order valence-electron chi connectivity index (χ2n) is 13.3. The van der Waals surface area contributed by atoms with Gasteiger partial charge in [0, 0.05) is 52.7 Å². The second-order valence-corrected chi connectivity index (χ2v) is 14.5. The molecular weight excluding hydrogens is 595 g/mol. The van der Waals surface area contributed by atoms with E-state index in [0.717, 1.165) is 90.8 Å². The van der Waals surface area contributed by atoms with E-state index >= 15 is 0 Å². The zero-order valence-corrected chi connectivity index (χ0v) is 27.6. The molecule has 10 nitrogen and oxygen atoms in total. The first kappa shape index (κ1) is 30.2. The Morgan fingerprint density at radius 1 is 1.09 bits per heavy atom. The van der Waals surface area contributed by atoms with Crippen LogP contribution in [0.1, 0.15) is 83.9 Å². The lowest BCUT2D eigenvalue weighted by Crippen LogP contribution is -2.62. The van der Waals surface area contributed by atoms with Crippen molar-refractivity contribution in [2.24, 2.45) is 27.8 Å². The van der Waals surface area contributed by atoms with E-state index in [1.807, 2.05) is 25.3 Å². The summed E-state index contributed by atoms with van der Waals surface area (Å²) in [5.74, 6) is 9.35. The zero-order chi connectivity index (χ0) is 32.0. The summed E-state index contributed by atoms with van der Waals surface area (Å²) >= 11 is 1.75. The summed E-state index contributed by atoms with van der Waals surface area (Å²) in [6.07, 6.45) is 13.0. The second kappa shape index (κ2) is 12.1. The third-order valence-corrected chi connectivity index (χ3v) is 11.1. The fourth-order valence-electron chi connectivity index (χ4n) is 7.21. The number of nitrogens with one attached hydrogen (secondary N) is 1. The van der Waals surface area contributed by atoms with Gasteiger partial charge in [-0.25, -0.2) is 0 Å². The number of nitrogens with zero attached hydrogens (tertiary/aromatic N) is 6. The molecule has 0 unspecified atom stereocenters. The van der Waals surface area contributed by atoms with Gasteiger partial charge in [0.05, 0.1) is 22.9 Å². The number of carbonyl (C=O) groups excluding carboxylic acids is 1. The monoisotopic (exact) mass is 635 g/mol. The number of aryl methyl sites for hydroxylation is 2. The van der Waals surface area contributed by atoms with E-state index in [1.165, 1.54) is 16.9 Å². The van der Waals surface area contributed by atoms with Crippen molar-refractivity contribution in [1.82, 2.24) is 30.0 Å². The van der Waals surface area contributed by atoms with E-state index in [9.17, 15) is 4.79 Å². The number of allylic oxidation sites excluding steroid dienone is 2. The molecule has 3 aromatic heterocycles. The molecule has 2 aliphatic heterocycles. The summed E-state index contributed by atoms with van der Waals surface area (Å²) in [6, 6.07) is 4.30. The van der Waals surface area contributed by atoms with Crippen molar-refractivity contribution in [2.45, 2.75) is 78.3 Å². The Morgan fingerprint density at radius 3 is 2.61 bits per heavy atom. The summed E-state index contributed by atoms with van der Waals surface area (Å²) < 4.78 is 2.12. The van der Waals surface area contributed by atoms with Crippen LogP contribution >= 0.6 is 11.3 Å². The number of likely N-dealkylation sites (tertiary alicyclic amines) is 1. The Labute approximate surface area is 274 Å². The van der Waals surface area contributed by atoms with Crippen molar-refractivity contribution < 1.29 is 4.79 Å². The van der Waals surface area contributed by atoms with Gasteiger partial charge in [0.15, 0.2) is 5.82 Å². The molecule has 3 fully saturated rings. The SMILES string of the molecule is Cc1sc2c(c1C)C(c1ccc(C#CC3CC4(C3)CN(/C(N)=C/C=C(\N)C(=O)NC3CCCCC3)C4)cn1)=NCc1nnc(C)n1-2. The van der Waals surface area contributed by atoms with Gasteiger partial charge in [0.2, 0.25) is 0 Å². The first-order valence-corrected chi connectivity index (χ1v) is 17.0. The van der Waals surface area contributed by atoms with Gasteiger partial charge in [-0.05, 0) is 76.3 Å². The van der Waals surface area contributed by atoms with Crippen molar-refractivity contribution in [3.63, 3.8) is 0 Å². The molecule has 0 bridgehead atoms. The minimum Gasteiger partial charge on any atom is -0.394 e. The topological polar surface area (TPSA) is 140 Å². The Morgan fingerprint density at radius 2 is 1.87 bits per heavy atom. The molecule has 1 spiro atoms. The highest BCUT2D eigenvalue weighted by Crippen LogP contribution is 2.52. The first-order valence-electron chi connectivity index (χ1n) is 16.2. The molecule has 1 amide bonds. The molecule has 5 N–H and O–H groups in total. The summed E-state index contributed by atoms with van der Waals surface area (Å²) in [4.78, 5) is 25.6. The lowest BCUT2D eigenvalue weighted by atomic mass is 9.58. The number of hydrogen-bond donors (Lipinski definition) is 3. The first-order chi connectivity index (χ1) is 22.2. The fraction of sp³-hybridized carbons (Fsp3) is 0.457.